The molecule has 0 amide bonds. The first-order valence-corrected chi connectivity index (χ1v) is 10.9. The second-order valence-electron chi connectivity index (χ2n) is 8.24. The maximum absolute atomic E-state index is 4.70. The Morgan fingerprint density at radius 1 is 0.500 bits per heavy atom. The van der Waals surface area contributed by atoms with Gasteiger partial charge in [-0.25, -0.2) is 0 Å². The third-order valence-electron chi connectivity index (χ3n) is 5.83. The van der Waals surface area contributed by atoms with Crippen molar-refractivity contribution in [2.24, 2.45) is 0 Å². The van der Waals surface area contributed by atoms with Gasteiger partial charge in [0.25, 0.3) is 0 Å². The summed E-state index contributed by atoms with van der Waals surface area (Å²) in [4.78, 5) is 0. The Bertz CT molecular complexity index is 1380. The van der Waals surface area contributed by atoms with E-state index in [1.807, 2.05) is 6.07 Å². The molecule has 0 fully saturated rings. The zero-order valence-corrected chi connectivity index (χ0v) is 18.6. The van der Waals surface area contributed by atoms with Crippen molar-refractivity contribution in [3.05, 3.63) is 114 Å². The standard InChI is InChI=1S/C29H25N3/c1-20-10-7-16-25(18-20)28-30-31-29(32(28)27-21(2)11-8-12-22(27)3)26-17-9-15-24(19-26)23-13-5-4-6-14-23/h4-19H,1-3H3. The van der Waals surface area contributed by atoms with E-state index in [1.165, 1.54) is 22.3 Å². The lowest BCUT2D eigenvalue weighted by molar-refractivity contribution is 1.04. The van der Waals surface area contributed by atoms with Crippen LogP contribution in [0.25, 0.3) is 39.6 Å². The molecule has 0 saturated heterocycles. The molecule has 4 aromatic carbocycles. The quantitative estimate of drug-likeness (QED) is 0.311. The molecule has 0 bridgehead atoms. The van der Waals surface area contributed by atoms with E-state index in [1.54, 1.807) is 0 Å². The fraction of sp³-hybridized carbons (Fsp3) is 0.103. The van der Waals surface area contributed by atoms with Crippen molar-refractivity contribution in [2.45, 2.75) is 20.8 Å². The molecule has 3 nitrogen and oxygen atoms in total. The maximum Gasteiger partial charge on any atom is 0.168 e. The van der Waals surface area contributed by atoms with Crippen molar-refractivity contribution in [2.75, 3.05) is 0 Å². The molecule has 0 spiro atoms. The molecular formula is C29H25N3. The minimum atomic E-state index is 0.844. The summed E-state index contributed by atoms with van der Waals surface area (Å²) in [6, 6.07) is 33.8. The normalized spacial score (nSPS) is 11.0. The molecule has 0 atom stereocenters. The second-order valence-corrected chi connectivity index (χ2v) is 8.24. The van der Waals surface area contributed by atoms with Crippen LogP contribution in [0.5, 0.6) is 0 Å². The number of aromatic nitrogens is 3. The van der Waals surface area contributed by atoms with E-state index in [9.17, 15) is 0 Å². The van der Waals surface area contributed by atoms with Gasteiger partial charge in [-0.1, -0.05) is 90.5 Å². The van der Waals surface area contributed by atoms with Crippen LogP contribution in [-0.4, -0.2) is 14.8 Å². The van der Waals surface area contributed by atoms with Gasteiger partial charge < -0.3 is 0 Å². The van der Waals surface area contributed by atoms with Crippen LogP contribution >= 0.6 is 0 Å². The Labute approximate surface area is 189 Å². The molecule has 0 unspecified atom stereocenters. The fourth-order valence-electron chi connectivity index (χ4n) is 4.28. The number of para-hydroxylation sites is 1. The Hall–Kier alpha value is -3.98. The highest BCUT2D eigenvalue weighted by Crippen LogP contribution is 2.33. The summed E-state index contributed by atoms with van der Waals surface area (Å²) < 4.78 is 2.21. The predicted octanol–water partition coefficient (Wildman–Crippen LogP) is 7.19. The second kappa shape index (κ2) is 8.27. The topological polar surface area (TPSA) is 30.7 Å². The highest BCUT2D eigenvalue weighted by Gasteiger charge is 2.20. The third-order valence-corrected chi connectivity index (χ3v) is 5.83. The lowest BCUT2D eigenvalue weighted by Gasteiger charge is -2.16. The first-order valence-electron chi connectivity index (χ1n) is 10.9. The predicted molar refractivity (Wildman–Crippen MR) is 132 cm³/mol. The van der Waals surface area contributed by atoms with Gasteiger partial charge in [0.1, 0.15) is 0 Å². The summed E-state index contributed by atoms with van der Waals surface area (Å²) in [6.45, 7) is 6.40. The highest BCUT2D eigenvalue weighted by molar-refractivity contribution is 5.74. The average Bonchev–Trinajstić information content (AvgIpc) is 3.24. The van der Waals surface area contributed by atoms with Crippen molar-refractivity contribution in [1.29, 1.82) is 0 Å². The van der Waals surface area contributed by atoms with Gasteiger partial charge in [-0.3, -0.25) is 4.57 Å². The zero-order valence-electron chi connectivity index (χ0n) is 18.6. The molecular weight excluding hydrogens is 390 g/mol. The minimum Gasteiger partial charge on any atom is -0.274 e. The van der Waals surface area contributed by atoms with Gasteiger partial charge in [-0.2, -0.15) is 0 Å². The van der Waals surface area contributed by atoms with Crippen LogP contribution in [0.2, 0.25) is 0 Å². The van der Waals surface area contributed by atoms with E-state index >= 15 is 0 Å². The monoisotopic (exact) mass is 415 g/mol. The van der Waals surface area contributed by atoms with Gasteiger partial charge in [0, 0.05) is 11.1 Å². The highest BCUT2D eigenvalue weighted by atomic mass is 15.3. The van der Waals surface area contributed by atoms with Crippen LogP contribution in [0, 0.1) is 20.8 Å². The summed E-state index contributed by atoms with van der Waals surface area (Å²) in [5.74, 6) is 1.70. The average molecular weight is 416 g/mol. The smallest absolute Gasteiger partial charge is 0.168 e. The maximum atomic E-state index is 4.70. The van der Waals surface area contributed by atoms with E-state index in [0.29, 0.717) is 0 Å². The zero-order chi connectivity index (χ0) is 22.1. The van der Waals surface area contributed by atoms with E-state index in [-0.39, 0.29) is 0 Å². The fourth-order valence-corrected chi connectivity index (χ4v) is 4.28. The molecule has 32 heavy (non-hydrogen) atoms. The van der Waals surface area contributed by atoms with Crippen LogP contribution in [-0.2, 0) is 0 Å². The summed E-state index contributed by atoms with van der Waals surface area (Å²) >= 11 is 0. The molecule has 5 aromatic rings. The van der Waals surface area contributed by atoms with Gasteiger partial charge in [0.15, 0.2) is 11.6 Å². The van der Waals surface area contributed by atoms with Gasteiger partial charge in [-0.15, -0.1) is 10.2 Å². The van der Waals surface area contributed by atoms with Gasteiger partial charge in [-0.05, 0) is 55.2 Å². The Morgan fingerprint density at radius 2 is 1.03 bits per heavy atom. The Kier molecular flexibility index (Phi) is 5.16. The van der Waals surface area contributed by atoms with Crippen LogP contribution in [0.15, 0.2) is 97.1 Å². The number of benzene rings is 4. The summed E-state index contributed by atoms with van der Waals surface area (Å²) in [5.41, 5.74) is 9.17. The van der Waals surface area contributed by atoms with Crippen LogP contribution in [0.4, 0.5) is 0 Å². The lowest BCUT2D eigenvalue weighted by atomic mass is 10.0. The van der Waals surface area contributed by atoms with E-state index < -0.39 is 0 Å². The third kappa shape index (κ3) is 3.63. The molecule has 0 aliphatic heterocycles. The van der Waals surface area contributed by atoms with Crippen molar-refractivity contribution >= 4 is 0 Å². The Morgan fingerprint density at radius 3 is 1.69 bits per heavy atom. The molecule has 0 aliphatic rings. The van der Waals surface area contributed by atoms with Crippen molar-refractivity contribution in [3.8, 4) is 39.6 Å². The number of hydrogen-bond acceptors (Lipinski definition) is 2. The van der Waals surface area contributed by atoms with Crippen molar-refractivity contribution in [1.82, 2.24) is 14.8 Å². The molecule has 3 heteroatoms. The summed E-state index contributed by atoms with van der Waals surface area (Å²) in [7, 11) is 0. The minimum absolute atomic E-state index is 0.844. The van der Waals surface area contributed by atoms with Gasteiger partial charge in [0.05, 0.1) is 5.69 Å². The summed E-state index contributed by atoms with van der Waals surface area (Å²) in [5, 5.41) is 9.38. The number of rotatable bonds is 4. The molecule has 5 rings (SSSR count). The van der Waals surface area contributed by atoms with Crippen LogP contribution in [0.1, 0.15) is 16.7 Å². The van der Waals surface area contributed by atoms with Gasteiger partial charge >= 0.3 is 0 Å². The molecule has 0 aliphatic carbocycles. The molecule has 0 saturated carbocycles. The molecule has 0 N–H and O–H groups in total. The van der Waals surface area contributed by atoms with E-state index in [2.05, 4.69) is 121 Å². The van der Waals surface area contributed by atoms with Gasteiger partial charge in [0.2, 0.25) is 0 Å². The largest absolute Gasteiger partial charge is 0.274 e. The Balaban J connectivity index is 1.76. The van der Waals surface area contributed by atoms with Crippen molar-refractivity contribution < 1.29 is 0 Å². The summed E-state index contributed by atoms with van der Waals surface area (Å²) in [6.07, 6.45) is 0. The number of nitrogens with zero attached hydrogens (tertiary/aromatic N) is 3. The number of hydrogen-bond donors (Lipinski definition) is 0. The van der Waals surface area contributed by atoms with Crippen LogP contribution < -0.4 is 0 Å². The van der Waals surface area contributed by atoms with E-state index in [4.69, 9.17) is 5.10 Å². The molecule has 1 aromatic heterocycles. The van der Waals surface area contributed by atoms with Crippen LogP contribution in [0.3, 0.4) is 0 Å². The first-order chi connectivity index (χ1) is 15.6. The lowest BCUT2D eigenvalue weighted by Crippen LogP contribution is -2.05. The SMILES string of the molecule is Cc1cccc(-c2nnc(-c3cccc(-c4ccccc4)c3)n2-c2c(C)cccc2C)c1. The molecule has 156 valence electrons. The van der Waals surface area contributed by atoms with E-state index in [0.717, 1.165) is 34.0 Å². The van der Waals surface area contributed by atoms with Crippen molar-refractivity contribution in [3.63, 3.8) is 0 Å². The number of aryl methyl sites for hydroxylation is 3. The molecule has 0 radical (unpaired) electrons. The first kappa shape index (κ1) is 20.0. The molecule has 1 heterocycles.